The van der Waals surface area contributed by atoms with Gasteiger partial charge in [-0.25, -0.2) is 0 Å². The summed E-state index contributed by atoms with van der Waals surface area (Å²) < 4.78 is 2.46. The summed E-state index contributed by atoms with van der Waals surface area (Å²) in [6.07, 6.45) is 10.8. The summed E-state index contributed by atoms with van der Waals surface area (Å²) >= 11 is 0. The molecule has 1 aliphatic rings. The third-order valence-electron chi connectivity index (χ3n) is 11.0. The Morgan fingerprint density at radius 3 is 1.91 bits per heavy atom. The molecule has 8 aromatic rings. The molecular weight excluding hydrogens is 653 g/mol. The SMILES string of the molecule is C\C=C(/C=C\C=C\c1ccccc1)N(c1ccc(-c2ccccc2)cc1)c1ccc2c3cc4c(cc3n(-c3ccccc3)c2c1)C(C)(C)c1ccccc1-4. The average molecular weight is 695 g/mol. The quantitative estimate of drug-likeness (QED) is 0.144. The monoisotopic (exact) mass is 694 g/mol. The largest absolute Gasteiger partial charge is 0.311 e. The third kappa shape index (κ3) is 5.77. The van der Waals surface area contributed by atoms with Crippen molar-refractivity contribution in [3.8, 4) is 27.9 Å². The van der Waals surface area contributed by atoms with Gasteiger partial charge in [0, 0.05) is 38.9 Å². The molecule has 260 valence electrons. The molecule has 0 saturated heterocycles. The van der Waals surface area contributed by atoms with E-state index < -0.39 is 0 Å². The molecule has 0 radical (unpaired) electrons. The van der Waals surface area contributed by atoms with Gasteiger partial charge in [0.1, 0.15) is 0 Å². The van der Waals surface area contributed by atoms with Crippen molar-refractivity contribution in [3.05, 3.63) is 217 Å². The van der Waals surface area contributed by atoms with Gasteiger partial charge in [0.2, 0.25) is 0 Å². The summed E-state index contributed by atoms with van der Waals surface area (Å²) in [6.45, 7) is 6.84. The molecular formula is C52H42N2. The van der Waals surface area contributed by atoms with Gasteiger partial charge in [0.25, 0.3) is 0 Å². The lowest BCUT2D eigenvalue weighted by atomic mass is 9.82. The van der Waals surface area contributed by atoms with Crippen molar-refractivity contribution in [2.24, 2.45) is 0 Å². The van der Waals surface area contributed by atoms with Crippen LogP contribution in [0.4, 0.5) is 11.4 Å². The van der Waals surface area contributed by atoms with E-state index in [4.69, 9.17) is 0 Å². The van der Waals surface area contributed by atoms with Gasteiger partial charge in [-0.2, -0.15) is 0 Å². The van der Waals surface area contributed by atoms with Crippen LogP contribution in [0, 0.1) is 0 Å². The van der Waals surface area contributed by atoms with Gasteiger partial charge in [-0.15, -0.1) is 0 Å². The second-order valence-corrected chi connectivity index (χ2v) is 14.5. The molecule has 0 spiro atoms. The number of hydrogen-bond acceptors (Lipinski definition) is 1. The Kier molecular flexibility index (Phi) is 8.44. The van der Waals surface area contributed by atoms with Crippen LogP contribution in [0.2, 0.25) is 0 Å². The van der Waals surface area contributed by atoms with Crippen molar-refractivity contribution in [3.63, 3.8) is 0 Å². The highest BCUT2D eigenvalue weighted by Crippen LogP contribution is 2.51. The maximum Gasteiger partial charge on any atom is 0.0561 e. The molecule has 9 rings (SSSR count). The molecule has 0 atom stereocenters. The number of rotatable bonds is 8. The van der Waals surface area contributed by atoms with Crippen molar-refractivity contribution < 1.29 is 0 Å². The van der Waals surface area contributed by atoms with E-state index >= 15 is 0 Å². The Hall–Kier alpha value is -6.64. The number of allylic oxidation sites excluding steroid dienone is 4. The molecule has 54 heavy (non-hydrogen) atoms. The van der Waals surface area contributed by atoms with Crippen molar-refractivity contribution in [2.75, 3.05) is 4.90 Å². The van der Waals surface area contributed by atoms with Crippen molar-refractivity contribution in [1.82, 2.24) is 4.57 Å². The predicted octanol–water partition coefficient (Wildman–Crippen LogP) is 14.1. The average Bonchev–Trinajstić information content (AvgIpc) is 3.66. The molecule has 1 aromatic heterocycles. The van der Waals surface area contributed by atoms with E-state index in [0.29, 0.717) is 0 Å². The summed E-state index contributed by atoms with van der Waals surface area (Å²) in [7, 11) is 0. The first kappa shape index (κ1) is 33.2. The lowest BCUT2D eigenvalue weighted by Crippen LogP contribution is -2.15. The first-order chi connectivity index (χ1) is 26.5. The first-order valence-electron chi connectivity index (χ1n) is 18.8. The number of fused-ring (bicyclic) bond motifs is 6. The molecule has 0 bridgehead atoms. The Morgan fingerprint density at radius 1 is 0.537 bits per heavy atom. The molecule has 0 aliphatic heterocycles. The Labute approximate surface area is 318 Å². The molecule has 2 heteroatoms. The molecule has 1 aliphatic carbocycles. The van der Waals surface area contributed by atoms with E-state index in [2.05, 4.69) is 224 Å². The van der Waals surface area contributed by atoms with Crippen molar-refractivity contribution in [2.45, 2.75) is 26.2 Å². The zero-order chi connectivity index (χ0) is 36.6. The minimum absolute atomic E-state index is 0.0892. The minimum Gasteiger partial charge on any atom is -0.311 e. The molecule has 0 N–H and O–H groups in total. The van der Waals surface area contributed by atoms with E-state index in [1.54, 1.807) is 0 Å². The van der Waals surface area contributed by atoms with E-state index in [1.165, 1.54) is 60.8 Å². The Balaban J connectivity index is 1.23. The van der Waals surface area contributed by atoms with Gasteiger partial charge >= 0.3 is 0 Å². The van der Waals surface area contributed by atoms with Crippen LogP contribution in [0.5, 0.6) is 0 Å². The molecule has 2 nitrogen and oxygen atoms in total. The molecule has 0 saturated carbocycles. The number of benzene rings is 7. The van der Waals surface area contributed by atoms with Crippen LogP contribution < -0.4 is 4.90 Å². The lowest BCUT2D eigenvalue weighted by molar-refractivity contribution is 0.661. The van der Waals surface area contributed by atoms with Gasteiger partial charge in [0.15, 0.2) is 0 Å². The first-order valence-corrected chi connectivity index (χ1v) is 18.8. The minimum atomic E-state index is -0.0892. The van der Waals surface area contributed by atoms with Gasteiger partial charge in [-0.05, 0) is 100 Å². The highest BCUT2D eigenvalue weighted by molar-refractivity contribution is 6.12. The van der Waals surface area contributed by atoms with Crippen molar-refractivity contribution in [1.29, 1.82) is 0 Å². The fraction of sp³-hybridized carbons (Fsp3) is 0.0769. The highest BCUT2D eigenvalue weighted by atomic mass is 15.1. The number of hydrogen-bond donors (Lipinski definition) is 0. The van der Waals surface area contributed by atoms with Crippen LogP contribution in [0.15, 0.2) is 200 Å². The number of nitrogens with zero attached hydrogens (tertiary/aromatic N) is 2. The standard InChI is InChI=1S/C52H42N2/c1-4-40(23-15-14-20-37-18-8-5-9-19-37)53(42-30-28-39(29-31-42)38-21-10-6-11-22-38)43-32-33-45-47-35-46-44-26-16-17-27-48(44)52(2,3)49(46)36-51(47)54(50(45)34-43)41-24-12-7-13-25-41/h4-36H,1-3H3/b20-14+,23-15-,40-4+. The highest BCUT2D eigenvalue weighted by Gasteiger charge is 2.36. The zero-order valence-electron chi connectivity index (χ0n) is 30.9. The smallest absolute Gasteiger partial charge is 0.0561 e. The topological polar surface area (TPSA) is 8.17 Å². The van der Waals surface area contributed by atoms with Crippen LogP contribution in [0.25, 0.3) is 55.8 Å². The van der Waals surface area contributed by atoms with Crippen molar-refractivity contribution >= 4 is 39.3 Å². The summed E-state index contributed by atoms with van der Waals surface area (Å²) in [4.78, 5) is 2.37. The molecule has 1 heterocycles. The van der Waals surface area contributed by atoms with Crippen LogP contribution in [0.3, 0.4) is 0 Å². The van der Waals surface area contributed by atoms with E-state index in [1.807, 2.05) is 6.07 Å². The maximum atomic E-state index is 2.46. The summed E-state index contributed by atoms with van der Waals surface area (Å²) in [5.74, 6) is 0. The van der Waals surface area contributed by atoms with Crippen LogP contribution in [0.1, 0.15) is 37.5 Å². The van der Waals surface area contributed by atoms with Gasteiger partial charge < -0.3 is 9.47 Å². The van der Waals surface area contributed by atoms with E-state index in [9.17, 15) is 0 Å². The number of para-hydroxylation sites is 1. The molecule has 0 fully saturated rings. The van der Waals surface area contributed by atoms with Gasteiger partial charge in [0.05, 0.1) is 11.0 Å². The summed E-state index contributed by atoms with van der Waals surface area (Å²) in [6, 6.07) is 61.5. The predicted molar refractivity (Wildman–Crippen MR) is 231 cm³/mol. The number of aromatic nitrogens is 1. The van der Waals surface area contributed by atoms with E-state index in [-0.39, 0.29) is 5.41 Å². The van der Waals surface area contributed by atoms with E-state index in [0.717, 1.165) is 22.8 Å². The second kappa shape index (κ2) is 13.7. The lowest BCUT2D eigenvalue weighted by Gasteiger charge is -2.27. The molecule has 0 unspecified atom stereocenters. The Bertz CT molecular complexity index is 2710. The third-order valence-corrected chi connectivity index (χ3v) is 11.0. The van der Waals surface area contributed by atoms with Gasteiger partial charge in [-0.1, -0.05) is 159 Å². The Morgan fingerprint density at radius 2 is 1.17 bits per heavy atom. The molecule has 0 amide bonds. The summed E-state index contributed by atoms with van der Waals surface area (Å²) in [5.41, 5.74) is 15.8. The fourth-order valence-corrected chi connectivity index (χ4v) is 8.26. The second-order valence-electron chi connectivity index (χ2n) is 14.5. The maximum absolute atomic E-state index is 2.46. The number of anilines is 2. The normalized spacial score (nSPS) is 13.6. The van der Waals surface area contributed by atoms with Crippen LogP contribution in [-0.4, -0.2) is 4.57 Å². The van der Waals surface area contributed by atoms with Crippen LogP contribution in [-0.2, 0) is 5.41 Å². The van der Waals surface area contributed by atoms with Gasteiger partial charge in [-0.3, -0.25) is 0 Å². The summed E-state index contributed by atoms with van der Waals surface area (Å²) in [5, 5.41) is 2.51. The zero-order valence-corrected chi connectivity index (χ0v) is 30.9. The fourth-order valence-electron chi connectivity index (χ4n) is 8.26. The molecule has 7 aromatic carbocycles. The van der Waals surface area contributed by atoms with Crippen LogP contribution >= 0.6 is 0 Å².